The smallest absolute Gasteiger partial charge is 0.244 e. The summed E-state index contributed by atoms with van der Waals surface area (Å²) in [4.78, 5) is 24.6. The number of aromatic amines is 1. The first-order chi connectivity index (χ1) is 20.1. The van der Waals surface area contributed by atoms with Crippen molar-refractivity contribution >= 4 is 29.0 Å². The Bertz CT molecular complexity index is 1570. The van der Waals surface area contributed by atoms with Gasteiger partial charge < -0.3 is 14.5 Å². The second-order valence-electron chi connectivity index (χ2n) is 9.91. The number of amides is 1. The maximum Gasteiger partial charge on any atom is 0.244 e. The van der Waals surface area contributed by atoms with Crippen LogP contribution in [0.1, 0.15) is 18.1 Å². The van der Waals surface area contributed by atoms with Crippen LogP contribution >= 0.6 is 11.8 Å². The van der Waals surface area contributed by atoms with E-state index in [4.69, 9.17) is 14.5 Å². The Hall–Kier alpha value is -4.49. The third-order valence-electron chi connectivity index (χ3n) is 7.41. The van der Waals surface area contributed by atoms with E-state index in [0.29, 0.717) is 5.16 Å². The first-order valence-corrected chi connectivity index (χ1v) is 14.5. The van der Waals surface area contributed by atoms with Crippen LogP contribution in [0.4, 0.5) is 11.4 Å². The number of ether oxygens (including phenoxy) is 2. The van der Waals surface area contributed by atoms with Crippen molar-refractivity contribution in [3.63, 3.8) is 0 Å². The fourth-order valence-electron chi connectivity index (χ4n) is 5.25. The van der Waals surface area contributed by atoms with Crippen LogP contribution in [0.5, 0.6) is 11.5 Å². The second-order valence-corrected chi connectivity index (χ2v) is 11.2. The second kappa shape index (κ2) is 11.6. The number of imidazole rings is 1. The molecule has 1 unspecified atom stereocenters. The summed E-state index contributed by atoms with van der Waals surface area (Å²) >= 11 is 1.43. The van der Waals surface area contributed by atoms with Crippen molar-refractivity contribution in [3.05, 3.63) is 108 Å². The van der Waals surface area contributed by atoms with Gasteiger partial charge in [-0.3, -0.25) is 9.69 Å². The molecule has 206 valence electrons. The van der Waals surface area contributed by atoms with Crippen LogP contribution in [0.25, 0.3) is 22.5 Å². The van der Waals surface area contributed by atoms with Gasteiger partial charge in [0.2, 0.25) is 5.91 Å². The number of H-pyrrole nitrogens is 1. The number of para-hydroxylation sites is 2. The third-order valence-corrected chi connectivity index (χ3v) is 8.38. The zero-order valence-corrected chi connectivity index (χ0v) is 24.1. The van der Waals surface area contributed by atoms with Crippen molar-refractivity contribution in [2.45, 2.75) is 30.2 Å². The minimum absolute atomic E-state index is 0.0187. The van der Waals surface area contributed by atoms with Gasteiger partial charge >= 0.3 is 0 Å². The molecule has 0 saturated carbocycles. The molecular weight excluding hydrogens is 530 g/mol. The van der Waals surface area contributed by atoms with Gasteiger partial charge in [0.25, 0.3) is 0 Å². The summed E-state index contributed by atoms with van der Waals surface area (Å²) in [6.45, 7) is 1.95. The van der Waals surface area contributed by atoms with Gasteiger partial charge in [0.1, 0.15) is 11.5 Å². The van der Waals surface area contributed by atoms with E-state index in [1.165, 1.54) is 22.9 Å². The molecule has 6 nitrogen and oxygen atoms in total. The Balaban J connectivity index is 1.36. The van der Waals surface area contributed by atoms with Crippen molar-refractivity contribution in [2.24, 2.45) is 0 Å². The maximum atomic E-state index is 14.2. The highest BCUT2D eigenvalue weighted by Crippen LogP contribution is 2.39. The molecule has 0 bridgehead atoms. The largest absolute Gasteiger partial charge is 0.497 e. The molecule has 0 radical (unpaired) electrons. The minimum Gasteiger partial charge on any atom is -0.497 e. The summed E-state index contributed by atoms with van der Waals surface area (Å²) in [5.41, 5.74) is 7.88. The average molecular weight is 562 g/mol. The molecule has 1 aliphatic rings. The van der Waals surface area contributed by atoms with Gasteiger partial charge in [0.15, 0.2) is 5.16 Å². The number of aryl methyl sites for hydroxylation is 2. The summed E-state index contributed by atoms with van der Waals surface area (Å²) in [7, 11) is 3.31. The number of fused-ring (bicyclic) bond motifs is 2. The van der Waals surface area contributed by atoms with E-state index < -0.39 is 5.25 Å². The molecule has 6 rings (SSSR count). The number of carbonyl (C=O) groups is 1. The van der Waals surface area contributed by atoms with Crippen LogP contribution in [0.2, 0.25) is 0 Å². The molecule has 1 amide bonds. The number of hydrogen-bond acceptors (Lipinski definition) is 5. The van der Waals surface area contributed by atoms with Gasteiger partial charge in [-0.2, -0.15) is 0 Å². The quantitative estimate of drug-likeness (QED) is 0.206. The number of hydrogen-bond donors (Lipinski definition) is 1. The number of methoxy groups -OCH3 is 2. The van der Waals surface area contributed by atoms with Crippen LogP contribution in [0, 0.1) is 0 Å². The lowest BCUT2D eigenvalue weighted by Gasteiger charge is -2.27. The topological polar surface area (TPSA) is 67.5 Å². The van der Waals surface area contributed by atoms with Crippen molar-refractivity contribution in [1.82, 2.24) is 9.97 Å². The van der Waals surface area contributed by atoms with Gasteiger partial charge in [0, 0.05) is 11.1 Å². The van der Waals surface area contributed by atoms with Crippen molar-refractivity contribution in [2.75, 3.05) is 19.1 Å². The molecule has 2 heterocycles. The van der Waals surface area contributed by atoms with Crippen molar-refractivity contribution in [3.8, 4) is 34.0 Å². The highest BCUT2D eigenvalue weighted by molar-refractivity contribution is 8.00. The highest BCUT2D eigenvalue weighted by Gasteiger charge is 2.30. The van der Waals surface area contributed by atoms with Crippen LogP contribution in [-0.2, 0) is 17.6 Å². The summed E-state index contributed by atoms with van der Waals surface area (Å²) in [6.07, 6.45) is 1.79. The van der Waals surface area contributed by atoms with Gasteiger partial charge in [-0.05, 0) is 91.6 Å². The molecule has 4 aromatic carbocycles. The van der Waals surface area contributed by atoms with E-state index >= 15 is 0 Å². The number of nitrogens with one attached hydrogen (secondary N) is 1. The van der Waals surface area contributed by atoms with E-state index in [1.54, 1.807) is 14.2 Å². The zero-order valence-electron chi connectivity index (χ0n) is 23.3. The number of anilines is 2. The summed E-state index contributed by atoms with van der Waals surface area (Å²) in [5.74, 6) is 1.58. The Labute approximate surface area is 244 Å². The fourth-order valence-corrected chi connectivity index (χ4v) is 6.09. The Morgan fingerprint density at radius 1 is 0.780 bits per heavy atom. The predicted octanol–water partition coefficient (Wildman–Crippen LogP) is 7.71. The SMILES string of the molecule is COc1ccc(-c2nc(SC(C)C(=O)N3c4ccccc4CCc4ccccc43)[nH]c2-c2ccc(OC)cc2)cc1. The average Bonchev–Trinajstić information content (AvgIpc) is 3.36. The number of thioether (sulfide) groups is 1. The van der Waals surface area contributed by atoms with E-state index in [0.717, 1.165) is 58.2 Å². The first-order valence-electron chi connectivity index (χ1n) is 13.6. The number of nitrogens with zero attached hydrogens (tertiary/aromatic N) is 2. The molecule has 7 heteroatoms. The molecular formula is C34H31N3O3S. The molecule has 41 heavy (non-hydrogen) atoms. The Kier molecular flexibility index (Phi) is 7.53. The molecule has 1 aliphatic heterocycles. The van der Waals surface area contributed by atoms with Gasteiger partial charge in [-0.1, -0.05) is 48.2 Å². The van der Waals surface area contributed by atoms with E-state index in [1.807, 2.05) is 96.8 Å². The Morgan fingerprint density at radius 2 is 1.29 bits per heavy atom. The lowest BCUT2D eigenvalue weighted by molar-refractivity contribution is -0.117. The molecule has 1 atom stereocenters. The normalized spacial score (nSPS) is 13.1. The lowest BCUT2D eigenvalue weighted by atomic mass is 10.0. The number of rotatable bonds is 7. The van der Waals surface area contributed by atoms with Crippen LogP contribution in [0.15, 0.2) is 102 Å². The molecule has 1 N–H and O–H groups in total. The number of aromatic nitrogens is 2. The van der Waals surface area contributed by atoms with E-state index in [9.17, 15) is 4.79 Å². The lowest BCUT2D eigenvalue weighted by Crippen LogP contribution is -2.33. The standard InChI is InChI=1S/C34H31N3O3S/c1-22(33(38)37-29-10-6-4-8-23(29)12-13-24-9-5-7-11-30(24)37)41-34-35-31(25-14-18-27(39-2)19-15-25)32(36-34)26-16-20-28(40-3)21-17-26/h4-11,14-22H,12-13H2,1-3H3,(H,35,36). The monoisotopic (exact) mass is 561 g/mol. The van der Waals surface area contributed by atoms with E-state index in [-0.39, 0.29) is 5.91 Å². The maximum absolute atomic E-state index is 14.2. The third kappa shape index (κ3) is 5.33. The van der Waals surface area contributed by atoms with Gasteiger partial charge in [-0.15, -0.1) is 0 Å². The number of benzene rings is 4. The molecule has 0 spiro atoms. The van der Waals surface area contributed by atoms with Gasteiger partial charge in [0.05, 0.1) is 42.2 Å². The van der Waals surface area contributed by atoms with Crippen LogP contribution in [0.3, 0.4) is 0 Å². The summed E-state index contributed by atoms with van der Waals surface area (Å²) in [6, 6.07) is 32.1. The molecule has 0 saturated heterocycles. The number of carbonyl (C=O) groups excluding carboxylic acids is 1. The summed E-state index contributed by atoms with van der Waals surface area (Å²) in [5, 5.41) is 0.284. The molecule has 0 fully saturated rings. The van der Waals surface area contributed by atoms with Gasteiger partial charge in [-0.25, -0.2) is 4.98 Å². The molecule has 0 aliphatic carbocycles. The van der Waals surface area contributed by atoms with Crippen LogP contribution < -0.4 is 14.4 Å². The Morgan fingerprint density at radius 3 is 1.83 bits per heavy atom. The first kappa shape index (κ1) is 26.7. The fraction of sp³-hybridized carbons (Fsp3) is 0.176. The van der Waals surface area contributed by atoms with E-state index in [2.05, 4.69) is 17.1 Å². The molecule has 1 aromatic heterocycles. The highest BCUT2D eigenvalue weighted by atomic mass is 32.2. The zero-order chi connectivity index (χ0) is 28.3. The van der Waals surface area contributed by atoms with Crippen LogP contribution in [-0.4, -0.2) is 35.3 Å². The predicted molar refractivity (Wildman–Crippen MR) is 165 cm³/mol. The molecule has 5 aromatic rings. The minimum atomic E-state index is -0.396. The van der Waals surface area contributed by atoms with Crippen molar-refractivity contribution < 1.29 is 14.3 Å². The van der Waals surface area contributed by atoms with Crippen molar-refractivity contribution in [1.29, 1.82) is 0 Å². The summed E-state index contributed by atoms with van der Waals surface area (Å²) < 4.78 is 10.7.